The van der Waals surface area contributed by atoms with E-state index in [-0.39, 0.29) is 5.41 Å². The van der Waals surface area contributed by atoms with Gasteiger partial charge in [0.05, 0.1) is 6.61 Å². The third-order valence-corrected chi connectivity index (χ3v) is 3.25. The average molecular weight is 271 g/mol. The Hall–Kier alpha value is -1.54. The van der Waals surface area contributed by atoms with Crippen LogP contribution in [0.3, 0.4) is 0 Å². The Morgan fingerprint density at radius 3 is 2.50 bits per heavy atom. The quantitative estimate of drug-likeness (QED) is 0.871. The maximum Gasteiger partial charge on any atom is 0.124 e. The van der Waals surface area contributed by atoms with Gasteiger partial charge in [0.15, 0.2) is 0 Å². The van der Waals surface area contributed by atoms with Gasteiger partial charge in [-0.1, -0.05) is 51.1 Å². The number of fused-ring (bicyclic) bond motifs is 1. The molecule has 2 rings (SSSR count). The topological polar surface area (TPSA) is 21.3 Å². The zero-order valence-corrected chi connectivity index (χ0v) is 13.0. The minimum Gasteiger partial charge on any atom is -0.494 e. The molecule has 0 amide bonds. The van der Waals surface area contributed by atoms with Crippen LogP contribution < -0.4 is 10.1 Å². The van der Waals surface area contributed by atoms with Crippen molar-refractivity contribution in [2.45, 2.75) is 34.2 Å². The van der Waals surface area contributed by atoms with Crippen molar-refractivity contribution in [3.05, 3.63) is 42.0 Å². The summed E-state index contributed by atoms with van der Waals surface area (Å²) < 4.78 is 5.79. The lowest BCUT2D eigenvalue weighted by Crippen LogP contribution is -2.26. The highest BCUT2D eigenvalue weighted by molar-refractivity contribution is 5.87. The number of nitrogens with one attached hydrogen (secondary N) is 1. The predicted molar refractivity (Wildman–Crippen MR) is 86.3 cm³/mol. The van der Waals surface area contributed by atoms with E-state index in [9.17, 15) is 0 Å². The van der Waals surface area contributed by atoms with Crippen molar-refractivity contribution < 1.29 is 4.74 Å². The van der Waals surface area contributed by atoms with Crippen molar-refractivity contribution in [2.24, 2.45) is 5.41 Å². The molecule has 0 saturated carbocycles. The van der Waals surface area contributed by atoms with Crippen LogP contribution in [0.1, 0.15) is 33.3 Å². The van der Waals surface area contributed by atoms with Crippen LogP contribution in [0.5, 0.6) is 5.75 Å². The van der Waals surface area contributed by atoms with E-state index < -0.39 is 0 Å². The second kappa shape index (κ2) is 6.27. The van der Waals surface area contributed by atoms with Crippen molar-refractivity contribution in [3.8, 4) is 5.75 Å². The molecule has 0 fully saturated rings. The molecule has 2 heteroatoms. The summed E-state index contributed by atoms with van der Waals surface area (Å²) in [6.07, 6.45) is 0. The van der Waals surface area contributed by atoms with Crippen molar-refractivity contribution in [2.75, 3.05) is 13.2 Å². The largest absolute Gasteiger partial charge is 0.494 e. The van der Waals surface area contributed by atoms with E-state index in [4.69, 9.17) is 4.74 Å². The van der Waals surface area contributed by atoms with Gasteiger partial charge in [0.25, 0.3) is 0 Å². The lowest BCUT2D eigenvalue weighted by molar-refractivity contribution is 0.333. The maximum atomic E-state index is 5.79. The Balaban J connectivity index is 2.29. The van der Waals surface area contributed by atoms with Gasteiger partial charge in [-0.15, -0.1) is 0 Å². The molecule has 0 aromatic heterocycles. The summed E-state index contributed by atoms with van der Waals surface area (Å²) >= 11 is 0. The molecule has 1 N–H and O–H groups in total. The van der Waals surface area contributed by atoms with E-state index in [0.717, 1.165) is 18.8 Å². The molecule has 0 heterocycles. The summed E-state index contributed by atoms with van der Waals surface area (Å²) in [6.45, 7) is 11.3. The van der Waals surface area contributed by atoms with Crippen LogP contribution in [0.4, 0.5) is 0 Å². The summed E-state index contributed by atoms with van der Waals surface area (Å²) in [7, 11) is 0. The van der Waals surface area contributed by atoms with E-state index in [0.29, 0.717) is 6.61 Å². The van der Waals surface area contributed by atoms with Gasteiger partial charge in [-0.25, -0.2) is 0 Å². The van der Waals surface area contributed by atoms with Crippen LogP contribution in [-0.4, -0.2) is 13.2 Å². The molecule has 108 valence electrons. The summed E-state index contributed by atoms with van der Waals surface area (Å²) in [6, 6.07) is 12.7. The smallest absolute Gasteiger partial charge is 0.124 e. The molecule has 0 atom stereocenters. The number of hydrogen-bond acceptors (Lipinski definition) is 2. The summed E-state index contributed by atoms with van der Waals surface area (Å²) in [5.41, 5.74) is 1.55. The first-order valence-corrected chi connectivity index (χ1v) is 7.35. The van der Waals surface area contributed by atoms with Gasteiger partial charge in [0.2, 0.25) is 0 Å². The Kier molecular flexibility index (Phi) is 4.66. The fraction of sp³-hybridized carbons (Fsp3) is 0.444. The Labute approximate surface area is 122 Å². The molecule has 20 heavy (non-hydrogen) atoms. The average Bonchev–Trinajstić information content (AvgIpc) is 2.40. The van der Waals surface area contributed by atoms with Crippen molar-refractivity contribution in [3.63, 3.8) is 0 Å². The first-order chi connectivity index (χ1) is 9.51. The molecular formula is C18H25NO. The zero-order valence-electron chi connectivity index (χ0n) is 13.0. The van der Waals surface area contributed by atoms with Crippen LogP contribution in [0.2, 0.25) is 0 Å². The van der Waals surface area contributed by atoms with Crippen LogP contribution in [0, 0.1) is 5.41 Å². The molecule has 0 aliphatic heterocycles. The lowest BCUT2D eigenvalue weighted by atomic mass is 9.96. The van der Waals surface area contributed by atoms with Gasteiger partial charge in [0, 0.05) is 18.7 Å². The van der Waals surface area contributed by atoms with E-state index in [1.165, 1.54) is 16.3 Å². The molecule has 0 bridgehead atoms. The zero-order chi connectivity index (χ0) is 14.6. The van der Waals surface area contributed by atoms with Gasteiger partial charge in [-0.05, 0) is 29.2 Å². The predicted octanol–water partition coefficient (Wildman–Crippen LogP) is 4.37. The second-order valence-electron chi connectivity index (χ2n) is 6.36. The summed E-state index contributed by atoms with van der Waals surface area (Å²) in [5.74, 6) is 0.993. The summed E-state index contributed by atoms with van der Waals surface area (Å²) in [4.78, 5) is 0. The Morgan fingerprint density at radius 1 is 1.05 bits per heavy atom. The first kappa shape index (κ1) is 14.9. The van der Waals surface area contributed by atoms with Crippen LogP contribution in [0.15, 0.2) is 36.4 Å². The summed E-state index contributed by atoms with van der Waals surface area (Å²) in [5, 5.41) is 6.10. The minimum absolute atomic E-state index is 0.288. The Bertz CT molecular complexity index is 569. The number of rotatable bonds is 5. The number of benzene rings is 2. The second-order valence-corrected chi connectivity index (χ2v) is 6.36. The normalized spacial score (nSPS) is 11.8. The monoisotopic (exact) mass is 271 g/mol. The highest BCUT2D eigenvalue weighted by Gasteiger charge is 2.12. The van der Waals surface area contributed by atoms with Gasteiger partial charge in [-0.3, -0.25) is 0 Å². The maximum absolute atomic E-state index is 5.79. The van der Waals surface area contributed by atoms with E-state index >= 15 is 0 Å². The molecule has 0 spiro atoms. The van der Waals surface area contributed by atoms with Gasteiger partial charge in [0.1, 0.15) is 5.75 Å². The highest BCUT2D eigenvalue weighted by atomic mass is 16.5. The lowest BCUT2D eigenvalue weighted by Gasteiger charge is -2.20. The van der Waals surface area contributed by atoms with Crippen LogP contribution in [-0.2, 0) is 6.54 Å². The van der Waals surface area contributed by atoms with Gasteiger partial charge in [-0.2, -0.15) is 0 Å². The molecular weight excluding hydrogens is 246 g/mol. The van der Waals surface area contributed by atoms with Gasteiger partial charge < -0.3 is 10.1 Å². The van der Waals surface area contributed by atoms with Crippen molar-refractivity contribution in [1.29, 1.82) is 0 Å². The molecule has 0 unspecified atom stereocenters. The molecule has 2 nitrogen and oxygen atoms in total. The highest BCUT2D eigenvalue weighted by Crippen LogP contribution is 2.28. The molecule has 0 aliphatic rings. The van der Waals surface area contributed by atoms with E-state index in [2.05, 4.69) is 62.5 Å². The fourth-order valence-corrected chi connectivity index (χ4v) is 2.35. The molecule has 2 aromatic rings. The van der Waals surface area contributed by atoms with E-state index in [1.54, 1.807) is 0 Å². The fourth-order valence-electron chi connectivity index (χ4n) is 2.35. The van der Waals surface area contributed by atoms with Gasteiger partial charge >= 0.3 is 0 Å². The van der Waals surface area contributed by atoms with Crippen LogP contribution in [0.25, 0.3) is 10.8 Å². The Morgan fingerprint density at radius 2 is 1.80 bits per heavy atom. The molecule has 2 aromatic carbocycles. The van der Waals surface area contributed by atoms with Crippen molar-refractivity contribution >= 4 is 10.8 Å². The molecule has 0 aliphatic carbocycles. The number of ether oxygens (including phenoxy) is 1. The standard InChI is InChI=1S/C18H25NO/c1-5-20-17-11-10-14-8-6-7-9-15(14)16(17)12-19-13-18(2,3)4/h6-11,19H,5,12-13H2,1-4H3. The SMILES string of the molecule is CCOc1ccc2ccccc2c1CNCC(C)(C)C. The van der Waals surface area contributed by atoms with Crippen molar-refractivity contribution in [1.82, 2.24) is 5.32 Å². The first-order valence-electron chi connectivity index (χ1n) is 7.35. The van der Waals surface area contributed by atoms with E-state index in [1.807, 2.05) is 6.92 Å². The third-order valence-electron chi connectivity index (χ3n) is 3.25. The molecule has 0 saturated heterocycles. The third kappa shape index (κ3) is 3.73. The van der Waals surface area contributed by atoms with Crippen LogP contribution >= 0.6 is 0 Å². The number of hydrogen-bond donors (Lipinski definition) is 1. The molecule has 0 radical (unpaired) electrons. The minimum atomic E-state index is 0.288.